The van der Waals surface area contributed by atoms with Crippen molar-refractivity contribution in [2.75, 3.05) is 0 Å². The maximum absolute atomic E-state index is 6.59. The van der Waals surface area contributed by atoms with E-state index in [-0.39, 0.29) is 5.41 Å². The summed E-state index contributed by atoms with van der Waals surface area (Å²) in [6.45, 7) is 6.94. The highest BCUT2D eigenvalue weighted by Crippen LogP contribution is 2.44. The Labute approximate surface area is 115 Å². The fourth-order valence-electron chi connectivity index (χ4n) is 3.27. The van der Waals surface area contributed by atoms with Crippen LogP contribution in [0.4, 0.5) is 0 Å². The molecule has 3 atom stereocenters. The van der Waals surface area contributed by atoms with Gasteiger partial charge in [-0.15, -0.1) is 16.7 Å². The molecule has 0 aliphatic heterocycles. The normalized spacial score (nSPS) is 29.5. The van der Waals surface area contributed by atoms with Gasteiger partial charge in [0.1, 0.15) is 0 Å². The molecular weight excluding hydrogens is 246 g/mol. The SMILES string of the molecule is CC1CCC(C(C)(C)Cc2cn(C)nn2)C(Cl)C1. The van der Waals surface area contributed by atoms with Crippen molar-refractivity contribution in [3.05, 3.63) is 11.9 Å². The Morgan fingerprint density at radius 3 is 2.72 bits per heavy atom. The first-order valence-electron chi connectivity index (χ1n) is 6.88. The zero-order chi connectivity index (χ0) is 13.3. The van der Waals surface area contributed by atoms with Crippen LogP contribution < -0.4 is 0 Å². The van der Waals surface area contributed by atoms with Crippen LogP contribution in [0, 0.1) is 17.3 Å². The van der Waals surface area contributed by atoms with E-state index in [0.29, 0.717) is 11.3 Å². The summed E-state index contributed by atoms with van der Waals surface area (Å²) in [6.07, 6.45) is 6.66. The van der Waals surface area contributed by atoms with Gasteiger partial charge in [0.2, 0.25) is 0 Å². The molecule has 3 unspecified atom stereocenters. The van der Waals surface area contributed by atoms with Gasteiger partial charge in [-0.2, -0.15) is 0 Å². The molecule has 1 aromatic rings. The third kappa shape index (κ3) is 3.05. The summed E-state index contributed by atoms with van der Waals surface area (Å²) in [4.78, 5) is 0. The van der Waals surface area contributed by atoms with Crippen LogP contribution in [-0.2, 0) is 13.5 Å². The van der Waals surface area contributed by atoms with Crippen molar-refractivity contribution >= 4 is 11.6 Å². The second kappa shape index (κ2) is 5.20. The maximum atomic E-state index is 6.59. The minimum atomic E-state index is 0.197. The molecule has 1 aliphatic carbocycles. The molecule has 3 nitrogen and oxygen atoms in total. The van der Waals surface area contributed by atoms with Gasteiger partial charge in [0.05, 0.1) is 5.69 Å². The Balaban J connectivity index is 2.05. The predicted molar refractivity (Wildman–Crippen MR) is 74.6 cm³/mol. The van der Waals surface area contributed by atoms with E-state index >= 15 is 0 Å². The van der Waals surface area contributed by atoms with E-state index in [2.05, 4.69) is 31.1 Å². The van der Waals surface area contributed by atoms with Crippen molar-refractivity contribution in [3.8, 4) is 0 Å². The van der Waals surface area contributed by atoms with Gasteiger partial charge in [-0.05, 0) is 36.5 Å². The lowest BCUT2D eigenvalue weighted by Crippen LogP contribution is -2.37. The molecule has 0 bridgehead atoms. The van der Waals surface area contributed by atoms with Crippen molar-refractivity contribution in [2.45, 2.75) is 51.8 Å². The standard InChI is InChI=1S/C14H24ClN3/c1-10-5-6-12(13(15)7-10)14(2,3)8-11-9-18(4)17-16-11/h9-10,12-13H,5-8H2,1-4H3. The largest absolute Gasteiger partial charge is 0.255 e. The minimum absolute atomic E-state index is 0.197. The summed E-state index contributed by atoms with van der Waals surface area (Å²) >= 11 is 6.59. The molecule has 1 heterocycles. The monoisotopic (exact) mass is 269 g/mol. The topological polar surface area (TPSA) is 30.7 Å². The van der Waals surface area contributed by atoms with Crippen LogP contribution in [0.1, 0.15) is 45.7 Å². The van der Waals surface area contributed by atoms with Gasteiger partial charge in [0.15, 0.2) is 0 Å². The van der Waals surface area contributed by atoms with Gasteiger partial charge in [-0.1, -0.05) is 32.4 Å². The number of rotatable bonds is 3. The first-order chi connectivity index (χ1) is 8.38. The highest BCUT2D eigenvalue weighted by Gasteiger charge is 2.38. The number of nitrogens with zero attached hydrogens (tertiary/aromatic N) is 3. The van der Waals surface area contributed by atoms with Crippen LogP contribution in [0.15, 0.2) is 6.20 Å². The predicted octanol–water partition coefficient (Wildman–Crippen LogP) is 3.43. The minimum Gasteiger partial charge on any atom is -0.255 e. The molecule has 1 aromatic heterocycles. The lowest BCUT2D eigenvalue weighted by atomic mass is 9.67. The Kier molecular flexibility index (Phi) is 4.00. The Morgan fingerprint density at radius 1 is 1.44 bits per heavy atom. The molecule has 4 heteroatoms. The summed E-state index contributed by atoms with van der Waals surface area (Å²) in [6, 6.07) is 0. The Bertz CT molecular complexity index is 399. The lowest BCUT2D eigenvalue weighted by molar-refractivity contribution is 0.140. The maximum Gasteiger partial charge on any atom is 0.0832 e. The van der Waals surface area contributed by atoms with Gasteiger partial charge in [0, 0.05) is 18.6 Å². The lowest BCUT2D eigenvalue weighted by Gasteiger charge is -2.41. The van der Waals surface area contributed by atoms with Crippen LogP contribution in [0.3, 0.4) is 0 Å². The van der Waals surface area contributed by atoms with Crippen molar-refractivity contribution in [2.24, 2.45) is 24.3 Å². The highest BCUT2D eigenvalue weighted by atomic mass is 35.5. The quantitative estimate of drug-likeness (QED) is 0.787. The smallest absolute Gasteiger partial charge is 0.0832 e. The molecule has 1 saturated carbocycles. The number of aromatic nitrogens is 3. The van der Waals surface area contributed by atoms with Crippen molar-refractivity contribution < 1.29 is 0 Å². The number of aryl methyl sites for hydroxylation is 1. The highest BCUT2D eigenvalue weighted by molar-refractivity contribution is 6.20. The van der Waals surface area contributed by atoms with Crippen molar-refractivity contribution in [1.82, 2.24) is 15.0 Å². The van der Waals surface area contributed by atoms with Crippen LogP contribution in [0.25, 0.3) is 0 Å². The molecule has 0 radical (unpaired) electrons. The number of hydrogen-bond acceptors (Lipinski definition) is 2. The molecular formula is C14H24ClN3. The van der Waals surface area contributed by atoms with E-state index in [4.69, 9.17) is 11.6 Å². The third-order valence-electron chi connectivity index (χ3n) is 4.33. The van der Waals surface area contributed by atoms with Crippen LogP contribution in [-0.4, -0.2) is 20.4 Å². The molecule has 0 aromatic carbocycles. The van der Waals surface area contributed by atoms with Crippen LogP contribution in [0.2, 0.25) is 0 Å². The van der Waals surface area contributed by atoms with E-state index < -0.39 is 0 Å². The molecule has 18 heavy (non-hydrogen) atoms. The zero-order valence-electron chi connectivity index (χ0n) is 11.9. The average Bonchev–Trinajstić information content (AvgIpc) is 2.62. The first-order valence-corrected chi connectivity index (χ1v) is 7.31. The summed E-state index contributed by atoms with van der Waals surface area (Å²) in [5.41, 5.74) is 1.27. The summed E-state index contributed by atoms with van der Waals surface area (Å²) in [5, 5.41) is 8.52. The van der Waals surface area contributed by atoms with E-state index in [1.807, 2.05) is 13.2 Å². The van der Waals surface area contributed by atoms with Gasteiger partial charge < -0.3 is 0 Å². The molecule has 0 saturated heterocycles. The van der Waals surface area contributed by atoms with Crippen LogP contribution >= 0.6 is 11.6 Å². The van der Waals surface area contributed by atoms with E-state index in [0.717, 1.165) is 24.5 Å². The number of halogens is 1. The van der Waals surface area contributed by atoms with Crippen molar-refractivity contribution in [1.29, 1.82) is 0 Å². The summed E-state index contributed by atoms with van der Waals surface area (Å²) < 4.78 is 1.77. The van der Waals surface area contributed by atoms with Gasteiger partial charge >= 0.3 is 0 Å². The molecule has 0 N–H and O–H groups in total. The van der Waals surface area contributed by atoms with Gasteiger partial charge in [0.25, 0.3) is 0 Å². The molecule has 1 aliphatic rings. The van der Waals surface area contributed by atoms with E-state index in [1.54, 1.807) is 4.68 Å². The van der Waals surface area contributed by atoms with Gasteiger partial charge in [-0.3, -0.25) is 4.68 Å². The number of alkyl halides is 1. The summed E-state index contributed by atoms with van der Waals surface area (Å²) in [7, 11) is 1.91. The molecule has 1 fully saturated rings. The van der Waals surface area contributed by atoms with Crippen LogP contribution in [0.5, 0.6) is 0 Å². The number of hydrogen-bond donors (Lipinski definition) is 0. The van der Waals surface area contributed by atoms with Crippen molar-refractivity contribution in [3.63, 3.8) is 0 Å². The molecule has 0 spiro atoms. The van der Waals surface area contributed by atoms with Gasteiger partial charge in [-0.25, -0.2) is 0 Å². The van der Waals surface area contributed by atoms with E-state index in [9.17, 15) is 0 Å². The molecule has 2 rings (SSSR count). The Morgan fingerprint density at radius 2 is 2.17 bits per heavy atom. The Hall–Kier alpha value is -0.570. The average molecular weight is 270 g/mol. The summed E-state index contributed by atoms with van der Waals surface area (Å²) in [5.74, 6) is 1.36. The fraction of sp³-hybridized carbons (Fsp3) is 0.857. The fourth-order valence-corrected chi connectivity index (χ4v) is 4.04. The zero-order valence-corrected chi connectivity index (χ0v) is 12.6. The third-order valence-corrected chi connectivity index (χ3v) is 4.81. The second-order valence-corrected chi connectivity index (χ2v) is 7.15. The second-order valence-electron chi connectivity index (χ2n) is 6.59. The molecule has 102 valence electrons. The molecule has 0 amide bonds. The first kappa shape index (κ1) is 13.9. The van der Waals surface area contributed by atoms with E-state index in [1.165, 1.54) is 12.8 Å².